The fourth-order valence-electron chi connectivity index (χ4n) is 3.66. The maximum absolute atomic E-state index is 13.6. The summed E-state index contributed by atoms with van der Waals surface area (Å²) in [6.07, 6.45) is -10.0. The molecule has 2 atom stereocenters. The molecule has 0 aromatic heterocycles. The SMILES string of the molecule is [B]Cc1cc([B])c(OC(=O)C(C)(C(=O)Oc2c(C[B])cc([B])cc2C[B])C(=O)OC(CS(=O)(=O)O)C(F)(F)F)c(C[B])c1. The quantitative estimate of drug-likeness (QED) is 0.105. The van der Waals surface area contributed by atoms with Crippen LogP contribution >= 0.6 is 0 Å². The number of benzene rings is 2. The topological polar surface area (TPSA) is 133 Å². The molecule has 0 aliphatic heterocycles. The molecule has 2 rings (SSSR count). The number of carbonyl (C=O) groups excluding carboxylic acids is 3. The fraction of sp³-hybridized carbons (Fsp3) is 0.375. The Hall–Kier alpha value is -3.06. The van der Waals surface area contributed by atoms with Gasteiger partial charge in [0.2, 0.25) is 6.10 Å². The molecule has 12 radical (unpaired) electrons. The van der Waals surface area contributed by atoms with Gasteiger partial charge in [-0.1, -0.05) is 66.0 Å². The van der Waals surface area contributed by atoms with Crippen molar-refractivity contribution in [2.24, 2.45) is 5.41 Å². The monoisotopic (exact) mass is 606 g/mol. The first kappa shape index (κ1) is 36.1. The predicted octanol–water partition coefficient (Wildman–Crippen LogP) is -1.17. The van der Waals surface area contributed by atoms with Gasteiger partial charge in [-0.15, -0.1) is 0 Å². The molecule has 0 saturated heterocycles. The average molecular weight is 605 g/mol. The van der Waals surface area contributed by atoms with Crippen molar-refractivity contribution in [2.75, 3.05) is 5.75 Å². The molecule has 0 aliphatic carbocycles. The van der Waals surface area contributed by atoms with Crippen molar-refractivity contribution in [2.45, 2.75) is 44.5 Å². The molecule has 0 aliphatic rings. The molecule has 214 valence electrons. The largest absolute Gasteiger partial charge is 0.450 e. The van der Waals surface area contributed by atoms with Gasteiger partial charge in [-0.05, 0) is 23.6 Å². The zero-order valence-corrected chi connectivity index (χ0v) is 23.5. The van der Waals surface area contributed by atoms with E-state index in [1.54, 1.807) is 0 Å². The van der Waals surface area contributed by atoms with Gasteiger partial charge in [-0.25, -0.2) is 9.59 Å². The second-order valence-electron chi connectivity index (χ2n) is 9.25. The van der Waals surface area contributed by atoms with E-state index in [0.717, 1.165) is 0 Å². The smallest absolute Gasteiger partial charge is 0.426 e. The number of alkyl halides is 3. The molecule has 0 fully saturated rings. The van der Waals surface area contributed by atoms with E-state index in [4.69, 9.17) is 61.1 Å². The van der Waals surface area contributed by atoms with Gasteiger partial charge >= 0.3 is 24.1 Å². The summed E-state index contributed by atoms with van der Waals surface area (Å²) < 4.78 is 86.9. The molecule has 0 saturated carbocycles. The summed E-state index contributed by atoms with van der Waals surface area (Å²) in [7, 11) is 29.0. The molecule has 0 amide bonds. The second kappa shape index (κ2) is 14.1. The summed E-state index contributed by atoms with van der Waals surface area (Å²) in [6.45, 7) is 0.509. The zero-order chi connectivity index (χ0) is 32.9. The van der Waals surface area contributed by atoms with E-state index in [2.05, 4.69) is 4.74 Å². The number of halogens is 3. The first-order chi connectivity index (χ1) is 19.8. The number of rotatable bonds is 12. The van der Waals surface area contributed by atoms with Gasteiger partial charge in [0.25, 0.3) is 15.5 Å². The molecule has 43 heavy (non-hydrogen) atoms. The van der Waals surface area contributed by atoms with Crippen LogP contribution in [-0.4, -0.2) is 96.0 Å². The van der Waals surface area contributed by atoms with Crippen molar-refractivity contribution >= 4 is 86.0 Å². The van der Waals surface area contributed by atoms with E-state index in [-0.39, 0.29) is 58.6 Å². The van der Waals surface area contributed by atoms with E-state index in [1.165, 1.54) is 24.3 Å². The molecule has 2 aromatic carbocycles. The molecular formula is C24H19B6F3O9S. The van der Waals surface area contributed by atoms with Gasteiger partial charge in [0.1, 0.15) is 32.9 Å². The number of carbonyl (C=O) groups is 3. The van der Waals surface area contributed by atoms with Crippen molar-refractivity contribution in [3.63, 3.8) is 0 Å². The van der Waals surface area contributed by atoms with E-state index < -0.39 is 57.2 Å². The van der Waals surface area contributed by atoms with Crippen LogP contribution in [0.25, 0.3) is 0 Å². The Kier molecular flexibility index (Phi) is 11.9. The predicted molar refractivity (Wildman–Crippen MR) is 153 cm³/mol. The van der Waals surface area contributed by atoms with Crippen molar-refractivity contribution in [3.8, 4) is 11.5 Å². The molecular weight excluding hydrogens is 586 g/mol. The summed E-state index contributed by atoms with van der Waals surface area (Å²) >= 11 is 0. The van der Waals surface area contributed by atoms with Gasteiger partial charge in [-0.2, -0.15) is 21.6 Å². The van der Waals surface area contributed by atoms with Crippen LogP contribution in [0.4, 0.5) is 13.2 Å². The minimum Gasteiger partial charge on any atom is -0.450 e. The van der Waals surface area contributed by atoms with Gasteiger partial charge in [-0.3, -0.25) is 9.35 Å². The summed E-state index contributed by atoms with van der Waals surface area (Å²) in [4.78, 5) is 40.3. The molecule has 0 spiro atoms. The second-order valence-corrected chi connectivity index (χ2v) is 10.7. The molecule has 2 aromatic rings. The first-order valence-electron chi connectivity index (χ1n) is 12.1. The average Bonchev–Trinajstić information content (AvgIpc) is 2.91. The molecule has 2 unspecified atom stereocenters. The van der Waals surface area contributed by atoms with Crippen LogP contribution in [0.15, 0.2) is 24.3 Å². The van der Waals surface area contributed by atoms with Gasteiger partial charge in [0.15, 0.2) is 0 Å². The molecule has 0 bridgehead atoms. The summed E-state index contributed by atoms with van der Waals surface area (Å²) in [6, 6.07) is 5.20. The lowest BCUT2D eigenvalue weighted by Crippen LogP contribution is -2.52. The van der Waals surface area contributed by atoms with Gasteiger partial charge in [0, 0.05) is 0 Å². The van der Waals surface area contributed by atoms with Crippen LogP contribution in [0.1, 0.15) is 29.2 Å². The lowest BCUT2D eigenvalue weighted by atomic mass is 9.83. The van der Waals surface area contributed by atoms with E-state index >= 15 is 0 Å². The summed E-state index contributed by atoms with van der Waals surface area (Å²) in [5, 5.41) is 0. The van der Waals surface area contributed by atoms with Crippen LogP contribution in [0.2, 0.25) is 0 Å². The Morgan fingerprint density at radius 1 is 0.814 bits per heavy atom. The third kappa shape index (κ3) is 8.75. The maximum atomic E-state index is 13.6. The van der Waals surface area contributed by atoms with Crippen LogP contribution in [0.3, 0.4) is 0 Å². The Morgan fingerprint density at radius 2 is 1.28 bits per heavy atom. The Balaban J connectivity index is 2.69. The summed E-state index contributed by atoms with van der Waals surface area (Å²) in [5.41, 5.74) is -2.85. The van der Waals surface area contributed by atoms with Crippen LogP contribution in [0.5, 0.6) is 11.5 Å². The third-order valence-electron chi connectivity index (χ3n) is 6.01. The van der Waals surface area contributed by atoms with Crippen molar-refractivity contribution in [1.82, 2.24) is 0 Å². The Labute approximate surface area is 254 Å². The van der Waals surface area contributed by atoms with Crippen molar-refractivity contribution < 1.29 is 54.7 Å². The molecule has 9 nitrogen and oxygen atoms in total. The Bertz CT molecular complexity index is 1480. The van der Waals surface area contributed by atoms with E-state index in [9.17, 15) is 36.0 Å². The number of hydrogen-bond donors (Lipinski definition) is 1. The van der Waals surface area contributed by atoms with Crippen molar-refractivity contribution in [1.29, 1.82) is 0 Å². The van der Waals surface area contributed by atoms with E-state index in [1.807, 2.05) is 0 Å². The number of hydrogen-bond acceptors (Lipinski definition) is 8. The van der Waals surface area contributed by atoms with Crippen LogP contribution in [-0.2, 0) is 54.5 Å². The highest BCUT2D eigenvalue weighted by Gasteiger charge is 2.57. The Morgan fingerprint density at radius 3 is 1.70 bits per heavy atom. The fourth-order valence-corrected chi connectivity index (χ4v) is 4.30. The van der Waals surface area contributed by atoms with Crippen molar-refractivity contribution in [3.05, 3.63) is 46.5 Å². The zero-order valence-electron chi connectivity index (χ0n) is 22.6. The van der Waals surface area contributed by atoms with Crippen LogP contribution in [0, 0.1) is 5.41 Å². The third-order valence-corrected chi connectivity index (χ3v) is 6.73. The molecule has 1 N–H and O–H groups in total. The molecule has 19 heteroatoms. The first-order valence-corrected chi connectivity index (χ1v) is 13.7. The number of ether oxygens (including phenoxy) is 3. The summed E-state index contributed by atoms with van der Waals surface area (Å²) in [5.74, 6) is -8.92. The highest BCUT2D eigenvalue weighted by atomic mass is 32.2. The minimum atomic E-state index is -5.58. The normalized spacial score (nSPS) is 13.9. The minimum absolute atomic E-state index is 0.0110. The lowest BCUT2D eigenvalue weighted by Gasteiger charge is -2.28. The number of esters is 3. The van der Waals surface area contributed by atoms with Gasteiger partial charge < -0.3 is 14.2 Å². The molecule has 0 heterocycles. The van der Waals surface area contributed by atoms with E-state index in [0.29, 0.717) is 12.5 Å². The highest BCUT2D eigenvalue weighted by molar-refractivity contribution is 7.85. The van der Waals surface area contributed by atoms with Gasteiger partial charge in [0.05, 0.1) is 31.4 Å². The maximum Gasteiger partial charge on any atom is 0.426 e. The lowest BCUT2D eigenvalue weighted by molar-refractivity contribution is -0.222. The highest BCUT2D eigenvalue weighted by Crippen LogP contribution is 2.33. The standard InChI is InChI=1S/C24H19B6F3O9S/c1-23(20(34)40-17(24(31,32)33)10-43(37,38)39,21(35)41-18-13(8-27)4-15(29)5-14(18)9-28)22(36)42-19-12(7-26)2-11(6-25)3-16(19)30/h2-5,17H,6-10H2,1H3,(H,37,38,39). The van der Waals surface area contributed by atoms with Crippen LogP contribution < -0.4 is 20.4 Å².